The van der Waals surface area contributed by atoms with Crippen molar-refractivity contribution >= 4 is 29.3 Å². The van der Waals surface area contributed by atoms with E-state index in [-0.39, 0.29) is 18.3 Å². The van der Waals surface area contributed by atoms with Gasteiger partial charge in [0, 0.05) is 16.3 Å². The van der Waals surface area contributed by atoms with Gasteiger partial charge in [0.05, 0.1) is 5.57 Å². The van der Waals surface area contributed by atoms with Crippen molar-refractivity contribution in [1.29, 1.82) is 0 Å². The zero-order valence-electron chi connectivity index (χ0n) is 11.8. The monoisotopic (exact) mass is 317 g/mol. The van der Waals surface area contributed by atoms with Crippen LogP contribution in [0, 0.1) is 12.7 Å². The van der Waals surface area contributed by atoms with E-state index in [2.05, 4.69) is 5.32 Å². The first kappa shape index (κ1) is 14.6. The second-order valence-electron chi connectivity index (χ2n) is 5.05. The molecule has 3 nitrogen and oxygen atoms in total. The van der Waals surface area contributed by atoms with Crippen LogP contribution in [0.15, 0.2) is 42.0 Å². The van der Waals surface area contributed by atoms with Gasteiger partial charge in [-0.25, -0.2) is 4.39 Å². The number of anilines is 1. The SMILES string of the molecule is Cc1cc(F)ccc1NC(=O)C1=Cc2cc(Cl)ccc2OC1. The van der Waals surface area contributed by atoms with E-state index in [4.69, 9.17) is 16.3 Å². The van der Waals surface area contributed by atoms with Crippen molar-refractivity contribution in [2.45, 2.75) is 6.92 Å². The number of amides is 1. The highest BCUT2D eigenvalue weighted by Crippen LogP contribution is 2.29. The summed E-state index contributed by atoms with van der Waals surface area (Å²) in [5.41, 5.74) is 2.48. The summed E-state index contributed by atoms with van der Waals surface area (Å²) in [7, 11) is 0. The number of aryl methyl sites for hydroxylation is 1. The lowest BCUT2D eigenvalue weighted by molar-refractivity contribution is -0.113. The lowest BCUT2D eigenvalue weighted by Crippen LogP contribution is -2.21. The molecule has 2 aromatic carbocycles. The molecule has 2 aromatic rings. The van der Waals surface area contributed by atoms with Gasteiger partial charge in [-0.15, -0.1) is 0 Å². The van der Waals surface area contributed by atoms with Crippen molar-refractivity contribution in [3.05, 3.63) is 63.9 Å². The van der Waals surface area contributed by atoms with Gasteiger partial charge in [0.15, 0.2) is 0 Å². The third-order valence-electron chi connectivity index (χ3n) is 3.41. The number of hydrogen-bond donors (Lipinski definition) is 1. The average molecular weight is 318 g/mol. The molecule has 0 saturated carbocycles. The Kier molecular flexibility index (Phi) is 3.86. The molecule has 0 spiro atoms. The Morgan fingerprint density at radius 1 is 1.27 bits per heavy atom. The van der Waals surface area contributed by atoms with E-state index in [9.17, 15) is 9.18 Å². The number of hydrogen-bond acceptors (Lipinski definition) is 2. The Morgan fingerprint density at radius 3 is 2.86 bits per heavy atom. The lowest BCUT2D eigenvalue weighted by Gasteiger charge is -2.18. The Balaban J connectivity index is 1.84. The first-order valence-corrected chi connectivity index (χ1v) is 7.11. The van der Waals surface area contributed by atoms with Crippen LogP contribution in [-0.2, 0) is 4.79 Å². The van der Waals surface area contributed by atoms with E-state index in [0.717, 1.165) is 5.56 Å². The van der Waals surface area contributed by atoms with Crippen LogP contribution in [-0.4, -0.2) is 12.5 Å². The topological polar surface area (TPSA) is 38.3 Å². The van der Waals surface area contributed by atoms with Crippen molar-refractivity contribution in [3.63, 3.8) is 0 Å². The van der Waals surface area contributed by atoms with Crippen molar-refractivity contribution in [2.75, 3.05) is 11.9 Å². The average Bonchev–Trinajstić information content (AvgIpc) is 2.49. The van der Waals surface area contributed by atoms with Crippen LogP contribution in [0.4, 0.5) is 10.1 Å². The van der Waals surface area contributed by atoms with Crippen LogP contribution in [0.1, 0.15) is 11.1 Å². The van der Waals surface area contributed by atoms with Crippen molar-refractivity contribution in [1.82, 2.24) is 0 Å². The summed E-state index contributed by atoms with van der Waals surface area (Å²) in [5, 5.41) is 3.34. The summed E-state index contributed by atoms with van der Waals surface area (Å²) in [6.07, 6.45) is 1.75. The highest BCUT2D eigenvalue weighted by Gasteiger charge is 2.18. The van der Waals surface area contributed by atoms with Gasteiger partial charge < -0.3 is 10.1 Å². The number of rotatable bonds is 2. The molecule has 0 unspecified atom stereocenters. The van der Waals surface area contributed by atoms with Gasteiger partial charge in [-0.1, -0.05) is 11.6 Å². The number of carbonyl (C=O) groups is 1. The molecule has 0 aliphatic carbocycles. The molecule has 3 rings (SSSR count). The maximum Gasteiger partial charge on any atom is 0.255 e. The predicted octanol–water partition coefficient (Wildman–Crippen LogP) is 4.20. The van der Waals surface area contributed by atoms with Gasteiger partial charge in [-0.3, -0.25) is 4.79 Å². The number of halogens is 2. The third-order valence-corrected chi connectivity index (χ3v) is 3.65. The van der Waals surface area contributed by atoms with Crippen LogP contribution in [0.25, 0.3) is 6.08 Å². The maximum absolute atomic E-state index is 13.1. The lowest BCUT2D eigenvalue weighted by atomic mass is 10.1. The van der Waals surface area contributed by atoms with Crippen LogP contribution < -0.4 is 10.1 Å². The zero-order chi connectivity index (χ0) is 15.7. The second kappa shape index (κ2) is 5.81. The van der Waals surface area contributed by atoms with E-state index in [1.807, 2.05) is 0 Å². The standard InChI is InChI=1S/C17H13ClFNO2/c1-10-6-14(19)3-4-15(10)20-17(21)12-7-11-8-13(18)2-5-16(11)22-9-12/h2-8H,9H2,1H3,(H,20,21). The molecule has 0 bridgehead atoms. The highest BCUT2D eigenvalue weighted by atomic mass is 35.5. The summed E-state index contributed by atoms with van der Waals surface area (Å²) in [6.45, 7) is 1.92. The second-order valence-corrected chi connectivity index (χ2v) is 5.49. The molecule has 1 aliphatic heterocycles. The minimum atomic E-state index is -0.334. The highest BCUT2D eigenvalue weighted by molar-refractivity contribution is 6.30. The zero-order valence-corrected chi connectivity index (χ0v) is 12.6. The summed E-state index contributed by atoms with van der Waals surface area (Å²) in [5.74, 6) is 0.0820. The van der Waals surface area contributed by atoms with E-state index in [0.29, 0.717) is 27.6 Å². The summed E-state index contributed by atoms with van der Waals surface area (Å²) in [6, 6.07) is 9.47. The van der Waals surface area contributed by atoms with Crippen LogP contribution >= 0.6 is 11.6 Å². The molecule has 1 aliphatic rings. The normalized spacial score (nSPS) is 13.0. The number of nitrogens with one attached hydrogen (secondary N) is 1. The Hall–Kier alpha value is -2.33. The molecule has 112 valence electrons. The fraction of sp³-hybridized carbons (Fsp3) is 0.118. The van der Waals surface area contributed by atoms with Gasteiger partial charge in [0.25, 0.3) is 5.91 Å². The van der Waals surface area contributed by atoms with E-state index < -0.39 is 0 Å². The quantitative estimate of drug-likeness (QED) is 0.901. The molecule has 0 fully saturated rings. The van der Waals surface area contributed by atoms with Crippen LogP contribution in [0.2, 0.25) is 5.02 Å². The molecule has 22 heavy (non-hydrogen) atoms. The third kappa shape index (κ3) is 2.97. The molecule has 0 aromatic heterocycles. The van der Waals surface area contributed by atoms with Crippen LogP contribution in [0.5, 0.6) is 5.75 Å². The number of benzene rings is 2. The molecular weight excluding hydrogens is 305 g/mol. The molecule has 1 N–H and O–H groups in total. The molecular formula is C17H13ClFNO2. The minimum Gasteiger partial charge on any atom is -0.488 e. The largest absolute Gasteiger partial charge is 0.488 e. The van der Waals surface area contributed by atoms with Gasteiger partial charge in [0.2, 0.25) is 0 Å². The summed E-state index contributed by atoms with van der Waals surface area (Å²) in [4.78, 5) is 12.3. The van der Waals surface area contributed by atoms with E-state index in [1.54, 1.807) is 31.2 Å². The molecule has 1 amide bonds. The molecule has 5 heteroatoms. The fourth-order valence-corrected chi connectivity index (χ4v) is 2.43. The summed E-state index contributed by atoms with van der Waals surface area (Å²) >= 11 is 5.95. The predicted molar refractivity (Wildman–Crippen MR) is 84.7 cm³/mol. The fourth-order valence-electron chi connectivity index (χ4n) is 2.25. The van der Waals surface area contributed by atoms with Crippen molar-refractivity contribution < 1.29 is 13.9 Å². The Labute approximate surface area is 132 Å². The van der Waals surface area contributed by atoms with E-state index >= 15 is 0 Å². The maximum atomic E-state index is 13.1. The van der Waals surface area contributed by atoms with E-state index in [1.165, 1.54) is 18.2 Å². The van der Waals surface area contributed by atoms with Crippen molar-refractivity contribution in [3.8, 4) is 5.75 Å². The Morgan fingerprint density at radius 2 is 2.09 bits per heavy atom. The smallest absolute Gasteiger partial charge is 0.255 e. The number of carbonyl (C=O) groups excluding carboxylic acids is 1. The first-order valence-electron chi connectivity index (χ1n) is 6.73. The van der Waals surface area contributed by atoms with Gasteiger partial charge in [0.1, 0.15) is 18.2 Å². The number of fused-ring (bicyclic) bond motifs is 1. The molecule has 0 saturated heterocycles. The van der Waals surface area contributed by atoms with Gasteiger partial charge >= 0.3 is 0 Å². The summed E-state index contributed by atoms with van der Waals surface area (Å²) < 4.78 is 18.6. The van der Waals surface area contributed by atoms with Gasteiger partial charge in [-0.2, -0.15) is 0 Å². The molecule has 1 heterocycles. The molecule has 0 atom stereocenters. The Bertz CT molecular complexity index is 786. The van der Waals surface area contributed by atoms with Gasteiger partial charge in [-0.05, 0) is 55.0 Å². The van der Waals surface area contributed by atoms with Crippen molar-refractivity contribution in [2.24, 2.45) is 0 Å². The molecule has 0 radical (unpaired) electrons. The minimum absolute atomic E-state index is 0.181. The first-order chi connectivity index (χ1) is 10.5. The number of ether oxygens (including phenoxy) is 1. The van der Waals surface area contributed by atoms with Crippen LogP contribution in [0.3, 0.4) is 0 Å².